The monoisotopic (exact) mass is 391 g/mol. The molecule has 1 aliphatic rings. The van der Waals surface area contributed by atoms with E-state index >= 15 is 0 Å². The third-order valence-corrected chi connectivity index (χ3v) is 5.51. The summed E-state index contributed by atoms with van der Waals surface area (Å²) in [5.74, 6) is -0.197. The number of aromatic amines is 1. The van der Waals surface area contributed by atoms with Crippen molar-refractivity contribution in [2.24, 2.45) is 0 Å². The number of nitrogens with one attached hydrogen (secondary N) is 2. The van der Waals surface area contributed by atoms with Crippen LogP contribution in [0.4, 0.5) is 4.39 Å². The minimum Gasteiger partial charge on any atom is -0.384 e. The lowest BCUT2D eigenvalue weighted by molar-refractivity contribution is 0.0706. The molecule has 0 aliphatic heterocycles. The summed E-state index contributed by atoms with van der Waals surface area (Å²) in [5.41, 5.74) is 3.63. The van der Waals surface area contributed by atoms with E-state index in [4.69, 9.17) is 0 Å². The Hall–Kier alpha value is -3.08. The number of carbonyl (C=O) groups excluding carboxylic acids is 1. The maximum Gasteiger partial charge on any atom is 0.270 e. The van der Waals surface area contributed by atoms with Gasteiger partial charge in [0.15, 0.2) is 0 Å². The van der Waals surface area contributed by atoms with Gasteiger partial charge in [0.1, 0.15) is 11.5 Å². The molecule has 0 fully saturated rings. The number of hydrogen-bond acceptors (Lipinski definition) is 2. The van der Waals surface area contributed by atoms with Crippen molar-refractivity contribution >= 4 is 16.8 Å². The van der Waals surface area contributed by atoms with E-state index in [2.05, 4.69) is 16.4 Å². The number of amides is 1. The standard InChI is InChI=1S/C24H26FN3O/c1-2-28(24(29)23-14-18-8-3-4-12-22(18)27-23)21-11-6-10-20(15-21)26-16-17-7-5-9-19(25)13-17/h3-5,7-9,12-15,21,26-27H,2,6,10-11,16H2,1H3/t21-/m0/s1. The molecule has 0 saturated heterocycles. The van der Waals surface area contributed by atoms with Crippen molar-refractivity contribution in [1.82, 2.24) is 15.2 Å². The number of aromatic nitrogens is 1. The van der Waals surface area contributed by atoms with Crippen LogP contribution in [0.3, 0.4) is 0 Å². The number of carbonyl (C=O) groups is 1. The second-order valence-electron chi connectivity index (χ2n) is 7.50. The number of hydrogen-bond donors (Lipinski definition) is 2. The van der Waals surface area contributed by atoms with Crippen molar-refractivity contribution in [3.63, 3.8) is 0 Å². The minimum absolute atomic E-state index is 0.0244. The maximum absolute atomic E-state index is 13.4. The SMILES string of the molecule is CCN(C(=O)c1cc2ccccc2[nH]1)[C@@H]1C=C(NCc2cccc(F)c2)CCC1. The number of benzene rings is 2. The van der Waals surface area contributed by atoms with E-state index < -0.39 is 0 Å². The van der Waals surface area contributed by atoms with Crippen molar-refractivity contribution in [3.8, 4) is 0 Å². The number of allylic oxidation sites excluding steroid dienone is 1. The van der Waals surface area contributed by atoms with Gasteiger partial charge in [-0.25, -0.2) is 4.39 Å². The van der Waals surface area contributed by atoms with E-state index in [9.17, 15) is 9.18 Å². The Morgan fingerprint density at radius 2 is 2.07 bits per heavy atom. The molecule has 0 saturated carbocycles. The van der Waals surface area contributed by atoms with Crippen LogP contribution in [0.15, 0.2) is 66.4 Å². The predicted octanol–water partition coefficient (Wildman–Crippen LogP) is 5.00. The number of rotatable bonds is 6. The summed E-state index contributed by atoms with van der Waals surface area (Å²) >= 11 is 0. The Morgan fingerprint density at radius 3 is 2.86 bits per heavy atom. The fourth-order valence-corrected chi connectivity index (χ4v) is 4.03. The molecule has 0 radical (unpaired) electrons. The fourth-order valence-electron chi connectivity index (χ4n) is 4.03. The van der Waals surface area contributed by atoms with Crippen molar-refractivity contribution in [2.75, 3.05) is 6.54 Å². The Kier molecular flexibility index (Phi) is 5.65. The van der Waals surface area contributed by atoms with Crippen molar-refractivity contribution in [1.29, 1.82) is 0 Å². The Bertz CT molecular complexity index is 1010. The molecular weight excluding hydrogens is 365 g/mol. The lowest BCUT2D eigenvalue weighted by Crippen LogP contribution is -2.41. The van der Waals surface area contributed by atoms with E-state index in [-0.39, 0.29) is 17.8 Å². The van der Waals surface area contributed by atoms with E-state index in [0.717, 1.165) is 41.4 Å². The predicted molar refractivity (Wildman–Crippen MR) is 114 cm³/mol. The summed E-state index contributed by atoms with van der Waals surface area (Å²) in [6.07, 6.45) is 5.07. The van der Waals surface area contributed by atoms with Crippen molar-refractivity contribution in [2.45, 2.75) is 38.8 Å². The van der Waals surface area contributed by atoms with Crippen LogP contribution in [0.25, 0.3) is 10.9 Å². The number of fused-ring (bicyclic) bond motifs is 1. The van der Waals surface area contributed by atoms with E-state index in [0.29, 0.717) is 18.8 Å². The quantitative estimate of drug-likeness (QED) is 0.622. The van der Waals surface area contributed by atoms with Crippen LogP contribution in [-0.2, 0) is 6.54 Å². The summed E-state index contributed by atoms with van der Waals surface area (Å²) in [5, 5.41) is 4.47. The van der Waals surface area contributed by atoms with Crippen LogP contribution < -0.4 is 5.32 Å². The molecule has 0 bridgehead atoms. The van der Waals surface area contributed by atoms with Gasteiger partial charge in [0.05, 0.1) is 6.04 Å². The molecule has 0 spiro atoms. The number of H-pyrrole nitrogens is 1. The van der Waals surface area contributed by atoms with Crippen LogP contribution in [0.2, 0.25) is 0 Å². The molecule has 4 rings (SSSR count). The number of likely N-dealkylation sites (N-methyl/N-ethyl adjacent to an activating group) is 1. The normalized spacial score (nSPS) is 16.5. The zero-order valence-electron chi connectivity index (χ0n) is 16.6. The van der Waals surface area contributed by atoms with E-state index in [1.807, 2.05) is 48.2 Å². The lowest BCUT2D eigenvalue weighted by atomic mass is 9.98. The number of nitrogens with zero attached hydrogens (tertiary/aromatic N) is 1. The molecule has 0 unspecified atom stereocenters. The summed E-state index contributed by atoms with van der Waals surface area (Å²) in [7, 11) is 0. The van der Waals surface area contributed by atoms with Gasteiger partial charge in [-0.05, 0) is 62.1 Å². The van der Waals surface area contributed by atoms with Crippen LogP contribution in [0, 0.1) is 5.82 Å². The average Bonchev–Trinajstić information content (AvgIpc) is 3.17. The van der Waals surface area contributed by atoms with Gasteiger partial charge in [-0.3, -0.25) is 4.79 Å². The van der Waals surface area contributed by atoms with Crippen LogP contribution in [0.1, 0.15) is 42.2 Å². The van der Waals surface area contributed by atoms with Gasteiger partial charge in [-0.2, -0.15) is 0 Å². The molecule has 29 heavy (non-hydrogen) atoms. The molecule has 3 aromatic rings. The smallest absolute Gasteiger partial charge is 0.270 e. The maximum atomic E-state index is 13.4. The fraction of sp³-hybridized carbons (Fsp3) is 0.292. The Morgan fingerprint density at radius 1 is 1.21 bits per heavy atom. The number of para-hydroxylation sites is 1. The zero-order chi connectivity index (χ0) is 20.2. The second kappa shape index (κ2) is 8.52. The summed E-state index contributed by atoms with van der Waals surface area (Å²) in [6.45, 7) is 3.24. The molecule has 1 heterocycles. The van der Waals surface area contributed by atoms with Crippen LogP contribution in [0.5, 0.6) is 0 Å². The second-order valence-corrected chi connectivity index (χ2v) is 7.50. The van der Waals surface area contributed by atoms with Crippen LogP contribution in [-0.4, -0.2) is 28.4 Å². The summed E-state index contributed by atoms with van der Waals surface area (Å²) < 4.78 is 13.4. The highest BCUT2D eigenvalue weighted by Crippen LogP contribution is 2.24. The molecule has 2 aromatic carbocycles. The molecule has 1 amide bonds. The topological polar surface area (TPSA) is 48.1 Å². The van der Waals surface area contributed by atoms with Gasteiger partial charge in [-0.15, -0.1) is 0 Å². The Balaban J connectivity index is 1.48. The molecule has 2 N–H and O–H groups in total. The molecule has 150 valence electrons. The zero-order valence-corrected chi connectivity index (χ0v) is 16.6. The highest BCUT2D eigenvalue weighted by Gasteiger charge is 2.25. The van der Waals surface area contributed by atoms with Crippen molar-refractivity contribution < 1.29 is 9.18 Å². The van der Waals surface area contributed by atoms with E-state index in [1.165, 1.54) is 6.07 Å². The molecular formula is C24H26FN3O. The first-order valence-electron chi connectivity index (χ1n) is 10.2. The van der Waals surface area contributed by atoms with Gasteiger partial charge in [0, 0.05) is 29.7 Å². The van der Waals surface area contributed by atoms with Gasteiger partial charge in [0.25, 0.3) is 5.91 Å². The summed E-state index contributed by atoms with van der Waals surface area (Å²) in [4.78, 5) is 18.3. The highest BCUT2D eigenvalue weighted by molar-refractivity contribution is 5.98. The first-order valence-corrected chi connectivity index (χ1v) is 10.2. The molecule has 1 atom stereocenters. The first kappa shape index (κ1) is 19.2. The largest absolute Gasteiger partial charge is 0.384 e. The molecule has 5 heteroatoms. The van der Waals surface area contributed by atoms with Crippen LogP contribution >= 0.6 is 0 Å². The van der Waals surface area contributed by atoms with Gasteiger partial charge in [0.2, 0.25) is 0 Å². The summed E-state index contributed by atoms with van der Waals surface area (Å²) in [6, 6.07) is 16.5. The molecule has 1 aromatic heterocycles. The Labute approximate surface area is 170 Å². The molecule has 4 nitrogen and oxygen atoms in total. The van der Waals surface area contributed by atoms with Gasteiger partial charge >= 0.3 is 0 Å². The first-order chi connectivity index (χ1) is 14.1. The third-order valence-electron chi connectivity index (χ3n) is 5.51. The van der Waals surface area contributed by atoms with E-state index in [1.54, 1.807) is 12.1 Å². The highest BCUT2D eigenvalue weighted by atomic mass is 19.1. The third kappa shape index (κ3) is 4.34. The average molecular weight is 391 g/mol. The molecule has 1 aliphatic carbocycles. The van der Waals surface area contributed by atoms with Gasteiger partial charge < -0.3 is 15.2 Å². The minimum atomic E-state index is -0.221. The number of halogens is 1. The van der Waals surface area contributed by atoms with Gasteiger partial charge in [-0.1, -0.05) is 30.3 Å². The van der Waals surface area contributed by atoms with Crippen molar-refractivity contribution in [3.05, 3.63) is 83.4 Å². The lowest BCUT2D eigenvalue weighted by Gasteiger charge is -2.32.